The van der Waals surface area contributed by atoms with Gasteiger partial charge in [-0.3, -0.25) is 0 Å². The lowest BCUT2D eigenvalue weighted by Crippen LogP contribution is -2.49. The van der Waals surface area contributed by atoms with Crippen LogP contribution in [0.5, 0.6) is 0 Å². The first-order valence-corrected chi connectivity index (χ1v) is 7.66. The first-order chi connectivity index (χ1) is 9.59. The molecule has 1 aliphatic heterocycles. The van der Waals surface area contributed by atoms with Crippen molar-refractivity contribution < 1.29 is 9.90 Å². The summed E-state index contributed by atoms with van der Waals surface area (Å²) < 4.78 is 0.991. The number of carboxylic acid groups (broad SMARTS) is 1. The number of carbonyl (C=O) groups is 1. The molecular formula is C14H17N3O2S. The molecular weight excluding hydrogens is 274 g/mol. The van der Waals surface area contributed by atoms with Gasteiger partial charge in [-0.05, 0) is 36.6 Å². The Morgan fingerprint density at radius 1 is 1.50 bits per heavy atom. The molecule has 2 aromatic rings. The van der Waals surface area contributed by atoms with E-state index >= 15 is 0 Å². The van der Waals surface area contributed by atoms with Crippen LogP contribution in [0.25, 0.3) is 10.2 Å². The van der Waals surface area contributed by atoms with E-state index in [0.29, 0.717) is 0 Å². The Balaban J connectivity index is 2.11. The van der Waals surface area contributed by atoms with Gasteiger partial charge in [0.15, 0.2) is 5.82 Å². The Bertz CT molecular complexity index is 655. The third-order valence-corrected chi connectivity index (χ3v) is 5.05. The van der Waals surface area contributed by atoms with Gasteiger partial charge < -0.3 is 10.0 Å². The Labute approximate surface area is 121 Å². The van der Waals surface area contributed by atoms with Crippen LogP contribution in [0, 0.1) is 12.8 Å². The molecule has 5 nitrogen and oxygen atoms in total. The van der Waals surface area contributed by atoms with Crippen LogP contribution in [-0.4, -0.2) is 33.6 Å². The third kappa shape index (κ3) is 2.04. The molecule has 0 radical (unpaired) electrons. The SMILES string of the molecule is Cc1csc2c(N3CCCC(C)C3C(=O)O)ncnc12. The monoisotopic (exact) mass is 291 g/mol. The Morgan fingerprint density at radius 3 is 3.05 bits per heavy atom. The van der Waals surface area contributed by atoms with Gasteiger partial charge in [0.2, 0.25) is 0 Å². The van der Waals surface area contributed by atoms with Gasteiger partial charge in [-0.25, -0.2) is 14.8 Å². The van der Waals surface area contributed by atoms with Gasteiger partial charge in [-0.15, -0.1) is 11.3 Å². The van der Waals surface area contributed by atoms with E-state index in [-0.39, 0.29) is 5.92 Å². The number of aryl methyl sites for hydroxylation is 1. The van der Waals surface area contributed by atoms with Gasteiger partial charge in [0.25, 0.3) is 0 Å². The number of hydrogen-bond donors (Lipinski definition) is 1. The fourth-order valence-electron chi connectivity index (χ4n) is 2.96. The normalized spacial score (nSPS) is 23.2. The maximum absolute atomic E-state index is 11.6. The predicted molar refractivity (Wildman–Crippen MR) is 79.3 cm³/mol. The maximum atomic E-state index is 11.6. The highest BCUT2D eigenvalue weighted by Gasteiger charge is 2.36. The van der Waals surface area contributed by atoms with Gasteiger partial charge in [0.05, 0.1) is 10.2 Å². The minimum atomic E-state index is -0.766. The number of carboxylic acids is 1. The summed E-state index contributed by atoms with van der Waals surface area (Å²) in [6.45, 7) is 4.76. The summed E-state index contributed by atoms with van der Waals surface area (Å²) in [6, 6.07) is -0.496. The van der Waals surface area contributed by atoms with Gasteiger partial charge >= 0.3 is 5.97 Å². The molecule has 0 amide bonds. The lowest BCUT2D eigenvalue weighted by Gasteiger charge is -2.38. The summed E-state index contributed by atoms with van der Waals surface area (Å²) in [6.07, 6.45) is 3.49. The van der Waals surface area contributed by atoms with Gasteiger partial charge in [-0.2, -0.15) is 0 Å². The number of fused-ring (bicyclic) bond motifs is 1. The average Bonchev–Trinajstić information content (AvgIpc) is 2.80. The number of thiophene rings is 1. The van der Waals surface area contributed by atoms with Gasteiger partial charge in [0.1, 0.15) is 12.4 Å². The summed E-state index contributed by atoms with van der Waals surface area (Å²) in [7, 11) is 0. The summed E-state index contributed by atoms with van der Waals surface area (Å²) in [5.74, 6) is 0.136. The quantitative estimate of drug-likeness (QED) is 0.921. The molecule has 106 valence electrons. The molecule has 20 heavy (non-hydrogen) atoms. The fourth-order valence-corrected chi connectivity index (χ4v) is 3.97. The van der Waals surface area contributed by atoms with Crippen LogP contribution in [0.3, 0.4) is 0 Å². The molecule has 1 saturated heterocycles. The molecule has 0 aromatic carbocycles. The minimum absolute atomic E-state index is 0.132. The van der Waals surface area contributed by atoms with E-state index in [4.69, 9.17) is 0 Å². The van der Waals surface area contributed by atoms with E-state index in [1.807, 2.05) is 24.1 Å². The smallest absolute Gasteiger partial charge is 0.326 e. The number of hydrogen-bond acceptors (Lipinski definition) is 5. The van der Waals surface area contributed by atoms with E-state index < -0.39 is 12.0 Å². The Kier molecular flexibility index (Phi) is 3.33. The van der Waals surface area contributed by atoms with Crippen molar-refractivity contribution in [2.75, 3.05) is 11.4 Å². The zero-order valence-corrected chi connectivity index (χ0v) is 12.4. The number of nitrogens with zero attached hydrogens (tertiary/aromatic N) is 3. The van der Waals surface area contributed by atoms with Crippen LogP contribution in [0.15, 0.2) is 11.7 Å². The van der Waals surface area contributed by atoms with E-state index in [9.17, 15) is 9.90 Å². The van der Waals surface area contributed by atoms with Crippen molar-refractivity contribution >= 4 is 33.3 Å². The average molecular weight is 291 g/mol. The van der Waals surface area contributed by atoms with Crippen LogP contribution < -0.4 is 4.90 Å². The van der Waals surface area contributed by atoms with Crippen LogP contribution >= 0.6 is 11.3 Å². The fraction of sp³-hybridized carbons (Fsp3) is 0.500. The first kappa shape index (κ1) is 13.3. The molecule has 3 heterocycles. The van der Waals surface area contributed by atoms with Crippen LogP contribution in [0.2, 0.25) is 0 Å². The molecule has 1 N–H and O–H groups in total. The highest BCUT2D eigenvalue weighted by molar-refractivity contribution is 7.18. The Morgan fingerprint density at radius 2 is 2.30 bits per heavy atom. The second kappa shape index (κ2) is 5.01. The first-order valence-electron chi connectivity index (χ1n) is 6.78. The number of piperidine rings is 1. The van der Waals surface area contributed by atoms with Gasteiger partial charge in [-0.1, -0.05) is 6.92 Å². The highest BCUT2D eigenvalue weighted by Crippen LogP contribution is 2.35. The van der Waals surface area contributed by atoms with Crippen molar-refractivity contribution in [2.24, 2.45) is 5.92 Å². The lowest BCUT2D eigenvalue weighted by molar-refractivity contribution is -0.140. The molecule has 0 spiro atoms. The number of rotatable bonds is 2. The molecule has 3 rings (SSSR count). The topological polar surface area (TPSA) is 66.3 Å². The van der Waals surface area contributed by atoms with Crippen LogP contribution in [0.4, 0.5) is 5.82 Å². The second-order valence-electron chi connectivity index (χ2n) is 5.39. The van der Waals surface area contributed by atoms with E-state index in [2.05, 4.69) is 9.97 Å². The molecule has 0 bridgehead atoms. The third-order valence-electron chi connectivity index (χ3n) is 3.97. The van der Waals surface area contributed by atoms with Crippen LogP contribution in [-0.2, 0) is 4.79 Å². The zero-order chi connectivity index (χ0) is 14.3. The van der Waals surface area contributed by atoms with Crippen molar-refractivity contribution in [2.45, 2.75) is 32.7 Å². The number of aromatic nitrogens is 2. The van der Waals surface area contributed by atoms with Crippen molar-refractivity contribution in [3.05, 3.63) is 17.3 Å². The van der Waals surface area contributed by atoms with E-state index in [0.717, 1.165) is 41.0 Å². The maximum Gasteiger partial charge on any atom is 0.326 e. The van der Waals surface area contributed by atoms with Crippen molar-refractivity contribution in [1.82, 2.24) is 9.97 Å². The standard InChI is InChI=1S/C14H17N3O2S/c1-8-4-3-5-17(11(8)14(18)19)13-12-10(15-7-16-13)9(2)6-20-12/h6-8,11H,3-5H2,1-2H3,(H,18,19). The zero-order valence-electron chi connectivity index (χ0n) is 11.5. The van der Waals surface area contributed by atoms with Crippen molar-refractivity contribution in [3.8, 4) is 0 Å². The number of aliphatic carboxylic acids is 1. The molecule has 2 atom stereocenters. The Hall–Kier alpha value is -1.69. The van der Waals surface area contributed by atoms with E-state index in [1.54, 1.807) is 11.3 Å². The second-order valence-corrected chi connectivity index (χ2v) is 6.27. The summed E-state index contributed by atoms with van der Waals surface area (Å²) >= 11 is 1.59. The van der Waals surface area contributed by atoms with Crippen molar-refractivity contribution in [1.29, 1.82) is 0 Å². The lowest BCUT2D eigenvalue weighted by atomic mass is 9.91. The molecule has 2 aromatic heterocycles. The van der Waals surface area contributed by atoms with Crippen molar-refractivity contribution in [3.63, 3.8) is 0 Å². The van der Waals surface area contributed by atoms with Gasteiger partial charge in [0, 0.05) is 6.54 Å². The minimum Gasteiger partial charge on any atom is -0.480 e. The molecule has 1 aliphatic rings. The van der Waals surface area contributed by atoms with Crippen LogP contribution in [0.1, 0.15) is 25.3 Å². The summed E-state index contributed by atoms with van der Waals surface area (Å²) in [5.41, 5.74) is 2.05. The van der Waals surface area contributed by atoms with E-state index in [1.165, 1.54) is 6.33 Å². The summed E-state index contributed by atoms with van der Waals surface area (Å²) in [5, 5.41) is 11.6. The predicted octanol–water partition coefficient (Wildman–Crippen LogP) is 2.69. The molecule has 2 unspecified atom stereocenters. The largest absolute Gasteiger partial charge is 0.480 e. The molecule has 1 fully saturated rings. The molecule has 6 heteroatoms. The summed E-state index contributed by atoms with van der Waals surface area (Å²) in [4.78, 5) is 22.2. The number of anilines is 1. The molecule has 0 saturated carbocycles. The molecule has 0 aliphatic carbocycles. The highest BCUT2D eigenvalue weighted by atomic mass is 32.1.